The van der Waals surface area contributed by atoms with E-state index in [-0.39, 0.29) is 17.9 Å². The molecular weight excluding hydrogens is 282 g/mol. The number of aliphatic hydroxyl groups excluding tert-OH is 1. The molecule has 22 heavy (non-hydrogen) atoms. The number of hydrogen-bond acceptors (Lipinski definition) is 7. The van der Waals surface area contributed by atoms with Crippen molar-refractivity contribution < 1.29 is 9.63 Å². The van der Waals surface area contributed by atoms with Crippen LogP contribution in [-0.4, -0.2) is 49.3 Å². The number of hydrogen-bond donors (Lipinski definition) is 1. The van der Waals surface area contributed by atoms with Gasteiger partial charge in [0, 0.05) is 43.5 Å². The van der Waals surface area contributed by atoms with Crippen LogP contribution in [0.25, 0.3) is 0 Å². The average Bonchev–Trinajstić information content (AvgIpc) is 3.08. The lowest BCUT2D eigenvalue weighted by atomic mass is 10.0. The molecule has 3 rings (SSSR count). The highest BCUT2D eigenvalue weighted by Crippen LogP contribution is 2.22. The molecule has 2 atom stereocenters. The van der Waals surface area contributed by atoms with Crippen LogP contribution in [-0.2, 0) is 13.0 Å². The van der Waals surface area contributed by atoms with Gasteiger partial charge in [0.1, 0.15) is 0 Å². The second kappa shape index (κ2) is 6.50. The molecule has 1 fully saturated rings. The molecule has 2 aromatic rings. The summed E-state index contributed by atoms with van der Waals surface area (Å²) in [6.45, 7) is 6.05. The van der Waals surface area contributed by atoms with Crippen molar-refractivity contribution in [1.29, 1.82) is 0 Å². The Morgan fingerprint density at radius 2 is 2.23 bits per heavy atom. The largest absolute Gasteiger partial charge is 0.391 e. The minimum atomic E-state index is -0.366. The Balaban J connectivity index is 1.58. The molecule has 7 nitrogen and oxygen atoms in total. The Bertz CT molecular complexity index is 601. The SMILES string of the molecule is CC(C)c1noc(CN2C[C@@H](Cc3cnccn3)[C@H](O)C2)n1. The topological polar surface area (TPSA) is 88.2 Å². The second-order valence-corrected chi connectivity index (χ2v) is 6.12. The van der Waals surface area contributed by atoms with Gasteiger partial charge in [-0.1, -0.05) is 19.0 Å². The summed E-state index contributed by atoms with van der Waals surface area (Å²) in [4.78, 5) is 14.9. The highest BCUT2D eigenvalue weighted by Gasteiger charge is 2.32. The maximum Gasteiger partial charge on any atom is 0.240 e. The molecule has 0 aliphatic carbocycles. The molecule has 1 aliphatic heterocycles. The summed E-state index contributed by atoms with van der Waals surface area (Å²) >= 11 is 0. The van der Waals surface area contributed by atoms with Crippen molar-refractivity contribution in [3.63, 3.8) is 0 Å². The first-order chi connectivity index (χ1) is 10.6. The van der Waals surface area contributed by atoms with Crippen LogP contribution in [0.5, 0.6) is 0 Å². The molecule has 1 aliphatic rings. The summed E-state index contributed by atoms with van der Waals surface area (Å²) in [6, 6.07) is 0. The number of likely N-dealkylation sites (tertiary alicyclic amines) is 1. The predicted molar refractivity (Wildman–Crippen MR) is 78.9 cm³/mol. The zero-order chi connectivity index (χ0) is 15.5. The number of nitrogens with zero attached hydrogens (tertiary/aromatic N) is 5. The van der Waals surface area contributed by atoms with E-state index in [0.29, 0.717) is 19.0 Å². The molecule has 1 N–H and O–H groups in total. The van der Waals surface area contributed by atoms with E-state index in [4.69, 9.17) is 4.52 Å². The Morgan fingerprint density at radius 1 is 1.36 bits per heavy atom. The zero-order valence-corrected chi connectivity index (χ0v) is 12.9. The van der Waals surface area contributed by atoms with Gasteiger partial charge in [-0.15, -0.1) is 0 Å². The van der Waals surface area contributed by atoms with Crippen LogP contribution in [0.4, 0.5) is 0 Å². The lowest BCUT2D eigenvalue weighted by Crippen LogP contribution is -2.21. The minimum Gasteiger partial charge on any atom is -0.391 e. The first kappa shape index (κ1) is 15.1. The van der Waals surface area contributed by atoms with E-state index in [1.165, 1.54) is 0 Å². The highest BCUT2D eigenvalue weighted by atomic mass is 16.5. The van der Waals surface area contributed by atoms with Crippen LogP contribution in [0.1, 0.15) is 37.2 Å². The van der Waals surface area contributed by atoms with E-state index in [2.05, 4.69) is 25.0 Å². The molecule has 0 unspecified atom stereocenters. The monoisotopic (exact) mass is 303 g/mol. The molecule has 7 heteroatoms. The van der Waals surface area contributed by atoms with Crippen LogP contribution in [0.2, 0.25) is 0 Å². The lowest BCUT2D eigenvalue weighted by Gasteiger charge is -2.13. The van der Waals surface area contributed by atoms with E-state index in [0.717, 1.165) is 24.5 Å². The van der Waals surface area contributed by atoms with Gasteiger partial charge in [-0.25, -0.2) is 0 Å². The van der Waals surface area contributed by atoms with Crippen LogP contribution in [0, 0.1) is 5.92 Å². The van der Waals surface area contributed by atoms with Gasteiger partial charge in [0.05, 0.1) is 18.3 Å². The molecular formula is C15H21N5O2. The summed E-state index contributed by atoms with van der Waals surface area (Å²) in [6.07, 6.45) is 5.45. The quantitative estimate of drug-likeness (QED) is 0.882. The first-order valence-corrected chi connectivity index (χ1v) is 7.59. The van der Waals surface area contributed by atoms with Crippen molar-refractivity contribution in [2.24, 2.45) is 5.92 Å². The Hall–Kier alpha value is -1.86. The fraction of sp³-hybridized carbons (Fsp3) is 0.600. The zero-order valence-electron chi connectivity index (χ0n) is 12.9. The third-order valence-electron chi connectivity index (χ3n) is 3.93. The molecule has 3 heterocycles. The van der Waals surface area contributed by atoms with Crippen molar-refractivity contribution >= 4 is 0 Å². The van der Waals surface area contributed by atoms with Gasteiger partial charge in [0.2, 0.25) is 5.89 Å². The van der Waals surface area contributed by atoms with Gasteiger partial charge >= 0.3 is 0 Å². The number of aromatic nitrogens is 4. The van der Waals surface area contributed by atoms with Crippen molar-refractivity contribution in [3.05, 3.63) is 36.0 Å². The molecule has 0 bridgehead atoms. The van der Waals surface area contributed by atoms with Gasteiger partial charge in [0.25, 0.3) is 0 Å². The third-order valence-corrected chi connectivity index (χ3v) is 3.93. The van der Waals surface area contributed by atoms with Crippen LogP contribution >= 0.6 is 0 Å². The maximum absolute atomic E-state index is 10.2. The molecule has 1 saturated heterocycles. The maximum atomic E-state index is 10.2. The summed E-state index contributed by atoms with van der Waals surface area (Å²) < 4.78 is 5.27. The van der Waals surface area contributed by atoms with Gasteiger partial charge < -0.3 is 9.63 Å². The second-order valence-electron chi connectivity index (χ2n) is 6.12. The fourth-order valence-electron chi connectivity index (χ4n) is 2.73. The van der Waals surface area contributed by atoms with Crippen molar-refractivity contribution in [2.45, 2.75) is 38.8 Å². The minimum absolute atomic E-state index is 0.157. The van der Waals surface area contributed by atoms with E-state index in [9.17, 15) is 5.11 Å². The molecule has 118 valence electrons. The average molecular weight is 303 g/mol. The lowest BCUT2D eigenvalue weighted by molar-refractivity contribution is 0.139. The fourth-order valence-corrected chi connectivity index (χ4v) is 2.73. The normalized spacial score (nSPS) is 22.5. The van der Waals surface area contributed by atoms with Crippen molar-refractivity contribution in [3.8, 4) is 0 Å². The van der Waals surface area contributed by atoms with Gasteiger partial charge in [-0.3, -0.25) is 14.9 Å². The van der Waals surface area contributed by atoms with E-state index in [1.807, 2.05) is 13.8 Å². The summed E-state index contributed by atoms with van der Waals surface area (Å²) in [5, 5.41) is 14.2. The van der Waals surface area contributed by atoms with Crippen LogP contribution in [0.15, 0.2) is 23.1 Å². The molecule has 0 spiro atoms. The van der Waals surface area contributed by atoms with Crippen LogP contribution in [0.3, 0.4) is 0 Å². The summed E-state index contributed by atoms with van der Waals surface area (Å²) in [7, 11) is 0. The Labute approximate surface area is 129 Å². The number of β-amino-alcohol motifs (C(OH)–C–C–N with tert-alkyl or cyclic N) is 1. The van der Waals surface area contributed by atoms with Gasteiger partial charge in [-0.05, 0) is 6.42 Å². The molecule has 2 aromatic heterocycles. The van der Waals surface area contributed by atoms with Crippen LogP contribution < -0.4 is 0 Å². The standard InChI is InChI=1S/C15H21N5O2/c1-10(2)15-18-14(22-19-15)9-20-7-11(13(21)8-20)5-12-6-16-3-4-17-12/h3-4,6,10-11,13,21H,5,7-9H2,1-2H3/t11-,13-/m1/s1. The smallest absolute Gasteiger partial charge is 0.240 e. The highest BCUT2D eigenvalue weighted by molar-refractivity contribution is 5.00. The van der Waals surface area contributed by atoms with E-state index >= 15 is 0 Å². The summed E-state index contributed by atoms with van der Waals surface area (Å²) in [5.41, 5.74) is 0.910. The third kappa shape index (κ3) is 3.48. The van der Waals surface area contributed by atoms with Gasteiger partial charge in [-0.2, -0.15) is 4.98 Å². The number of aliphatic hydroxyl groups is 1. The van der Waals surface area contributed by atoms with Crippen molar-refractivity contribution in [1.82, 2.24) is 25.0 Å². The molecule has 0 saturated carbocycles. The molecule has 0 radical (unpaired) electrons. The summed E-state index contributed by atoms with van der Waals surface area (Å²) in [5.74, 6) is 1.75. The Morgan fingerprint density at radius 3 is 2.91 bits per heavy atom. The van der Waals surface area contributed by atoms with E-state index < -0.39 is 0 Å². The molecule has 0 amide bonds. The predicted octanol–water partition coefficient (Wildman–Crippen LogP) is 1.02. The van der Waals surface area contributed by atoms with E-state index in [1.54, 1.807) is 18.6 Å². The number of rotatable bonds is 5. The van der Waals surface area contributed by atoms with Gasteiger partial charge in [0.15, 0.2) is 5.82 Å². The first-order valence-electron chi connectivity index (χ1n) is 7.59. The molecule has 0 aromatic carbocycles. The Kier molecular flexibility index (Phi) is 4.44. The van der Waals surface area contributed by atoms with Crippen molar-refractivity contribution in [2.75, 3.05) is 13.1 Å².